The van der Waals surface area contributed by atoms with Gasteiger partial charge in [0.1, 0.15) is 0 Å². The lowest BCUT2D eigenvalue weighted by Gasteiger charge is -2.23. The van der Waals surface area contributed by atoms with E-state index in [0.717, 1.165) is 12.1 Å². The minimum atomic E-state index is -0.185. The van der Waals surface area contributed by atoms with E-state index >= 15 is 0 Å². The van der Waals surface area contributed by atoms with Gasteiger partial charge in [-0.15, -0.1) is 0 Å². The fourth-order valence-electron chi connectivity index (χ4n) is 1.66. The molecule has 1 amide bonds. The highest BCUT2D eigenvalue weighted by Crippen LogP contribution is 2.11. The summed E-state index contributed by atoms with van der Waals surface area (Å²) >= 11 is 0. The molecule has 1 rings (SSSR count). The van der Waals surface area contributed by atoms with E-state index in [-0.39, 0.29) is 18.0 Å². The smallest absolute Gasteiger partial charge is 0.239 e. The molecular weight excluding hydrogens is 214 g/mol. The molecule has 94 valence electrons. The van der Waals surface area contributed by atoms with E-state index in [9.17, 15) is 4.79 Å². The minimum absolute atomic E-state index is 0.114. The number of nitrogens with zero attached hydrogens (tertiary/aromatic N) is 2. The van der Waals surface area contributed by atoms with Crippen molar-refractivity contribution in [3.8, 4) is 0 Å². The molecule has 0 radical (unpaired) electrons. The van der Waals surface area contributed by atoms with Crippen molar-refractivity contribution in [1.82, 2.24) is 15.2 Å². The summed E-state index contributed by atoms with van der Waals surface area (Å²) in [6.07, 6.45) is 3.56. The number of hydrogen-bond acceptors (Lipinski definition) is 3. The molecule has 4 nitrogen and oxygen atoms in total. The zero-order valence-corrected chi connectivity index (χ0v) is 11.0. The van der Waals surface area contributed by atoms with Crippen molar-refractivity contribution in [3.05, 3.63) is 30.1 Å². The molecule has 17 heavy (non-hydrogen) atoms. The van der Waals surface area contributed by atoms with E-state index in [1.807, 2.05) is 46.1 Å². The average molecular weight is 235 g/mol. The molecule has 0 spiro atoms. The lowest BCUT2D eigenvalue weighted by Crippen LogP contribution is -2.43. The topological polar surface area (TPSA) is 45.2 Å². The third kappa shape index (κ3) is 3.82. The van der Waals surface area contributed by atoms with Crippen molar-refractivity contribution in [1.29, 1.82) is 0 Å². The highest BCUT2D eigenvalue weighted by atomic mass is 16.2. The summed E-state index contributed by atoms with van der Waals surface area (Å²) in [5, 5.41) is 3.28. The molecule has 0 aromatic carbocycles. The second-order valence-electron chi connectivity index (χ2n) is 4.25. The first kappa shape index (κ1) is 13.6. The van der Waals surface area contributed by atoms with Crippen LogP contribution in [0.4, 0.5) is 0 Å². The molecule has 0 aliphatic heterocycles. The molecule has 1 heterocycles. The predicted octanol–water partition coefficient (Wildman–Crippen LogP) is 1.60. The van der Waals surface area contributed by atoms with Crippen LogP contribution in [0.3, 0.4) is 0 Å². The molecule has 4 heteroatoms. The maximum absolute atomic E-state index is 11.9. The number of hydrogen-bond donors (Lipinski definition) is 1. The molecule has 1 N–H and O–H groups in total. The summed E-state index contributed by atoms with van der Waals surface area (Å²) < 4.78 is 0. The Bertz CT molecular complexity index is 353. The Balaban J connectivity index is 2.57. The van der Waals surface area contributed by atoms with Crippen molar-refractivity contribution in [2.75, 3.05) is 13.6 Å². The summed E-state index contributed by atoms with van der Waals surface area (Å²) in [6.45, 7) is 6.62. The molecule has 2 atom stereocenters. The highest BCUT2D eigenvalue weighted by molar-refractivity contribution is 5.81. The summed E-state index contributed by atoms with van der Waals surface area (Å²) in [5.41, 5.74) is 1.09. The summed E-state index contributed by atoms with van der Waals surface area (Å²) in [5.74, 6) is 0.114. The van der Waals surface area contributed by atoms with Crippen LogP contribution >= 0.6 is 0 Å². The Labute approximate surface area is 103 Å². The number of rotatable bonds is 5. The van der Waals surface area contributed by atoms with E-state index in [4.69, 9.17) is 0 Å². The van der Waals surface area contributed by atoms with Crippen molar-refractivity contribution < 1.29 is 4.79 Å². The molecular formula is C13H21N3O. The van der Waals surface area contributed by atoms with Gasteiger partial charge >= 0.3 is 0 Å². The van der Waals surface area contributed by atoms with Crippen LogP contribution in [0.15, 0.2) is 24.5 Å². The quantitative estimate of drug-likeness (QED) is 0.843. The molecule has 0 bridgehead atoms. The van der Waals surface area contributed by atoms with Gasteiger partial charge < -0.3 is 4.90 Å². The third-order valence-corrected chi connectivity index (χ3v) is 2.91. The molecule has 0 saturated carbocycles. The van der Waals surface area contributed by atoms with Crippen molar-refractivity contribution in [2.24, 2.45) is 0 Å². The minimum Gasteiger partial charge on any atom is -0.345 e. The fraction of sp³-hybridized carbons (Fsp3) is 0.538. The van der Waals surface area contributed by atoms with Crippen LogP contribution in [-0.4, -0.2) is 35.4 Å². The highest BCUT2D eigenvalue weighted by Gasteiger charge is 2.18. The van der Waals surface area contributed by atoms with E-state index in [0.29, 0.717) is 0 Å². The van der Waals surface area contributed by atoms with Gasteiger partial charge in [-0.1, -0.05) is 6.07 Å². The number of aromatic nitrogens is 1. The monoisotopic (exact) mass is 235 g/mol. The summed E-state index contributed by atoms with van der Waals surface area (Å²) in [7, 11) is 1.81. The van der Waals surface area contributed by atoms with Gasteiger partial charge in [0.2, 0.25) is 5.91 Å². The fourth-order valence-corrected chi connectivity index (χ4v) is 1.66. The van der Waals surface area contributed by atoms with Gasteiger partial charge in [0, 0.05) is 32.0 Å². The lowest BCUT2D eigenvalue weighted by molar-refractivity contribution is -0.131. The van der Waals surface area contributed by atoms with Gasteiger partial charge in [-0.3, -0.25) is 15.1 Å². The standard InChI is InChI=1S/C13H21N3O/c1-5-16(4)13(17)11(3)15-10(2)12-7-6-8-14-9-12/h6-11,15H,5H2,1-4H3. The van der Waals surface area contributed by atoms with Crippen LogP contribution in [0.25, 0.3) is 0 Å². The molecule has 0 saturated heterocycles. The maximum atomic E-state index is 11.9. The largest absolute Gasteiger partial charge is 0.345 e. The van der Waals surface area contributed by atoms with Crippen molar-refractivity contribution in [2.45, 2.75) is 32.9 Å². The van der Waals surface area contributed by atoms with E-state index in [1.54, 1.807) is 11.1 Å². The van der Waals surface area contributed by atoms with E-state index < -0.39 is 0 Å². The first-order chi connectivity index (χ1) is 8.06. The van der Waals surface area contributed by atoms with Crippen molar-refractivity contribution >= 4 is 5.91 Å². The number of nitrogens with one attached hydrogen (secondary N) is 1. The van der Waals surface area contributed by atoms with Crippen LogP contribution in [0, 0.1) is 0 Å². The summed E-state index contributed by atoms with van der Waals surface area (Å²) in [4.78, 5) is 17.7. The van der Waals surface area contributed by atoms with Crippen LogP contribution in [0.5, 0.6) is 0 Å². The normalized spacial score (nSPS) is 14.1. The van der Waals surface area contributed by atoms with Gasteiger partial charge in [-0.2, -0.15) is 0 Å². The zero-order chi connectivity index (χ0) is 12.8. The first-order valence-corrected chi connectivity index (χ1v) is 5.97. The maximum Gasteiger partial charge on any atom is 0.239 e. The number of likely N-dealkylation sites (N-methyl/N-ethyl adjacent to an activating group) is 1. The van der Waals surface area contributed by atoms with Gasteiger partial charge in [0.25, 0.3) is 0 Å². The second kappa shape index (κ2) is 6.35. The predicted molar refractivity (Wildman–Crippen MR) is 68.6 cm³/mol. The molecule has 1 aromatic heterocycles. The molecule has 2 unspecified atom stereocenters. The molecule has 1 aromatic rings. The van der Waals surface area contributed by atoms with Gasteiger partial charge in [-0.05, 0) is 32.4 Å². The molecule has 0 aliphatic carbocycles. The number of carbonyl (C=O) groups excluding carboxylic acids is 1. The Morgan fingerprint density at radius 1 is 1.53 bits per heavy atom. The second-order valence-corrected chi connectivity index (χ2v) is 4.25. The van der Waals surface area contributed by atoms with Crippen LogP contribution < -0.4 is 5.32 Å². The van der Waals surface area contributed by atoms with E-state index in [2.05, 4.69) is 10.3 Å². The zero-order valence-electron chi connectivity index (χ0n) is 11.0. The van der Waals surface area contributed by atoms with Crippen molar-refractivity contribution in [3.63, 3.8) is 0 Å². The van der Waals surface area contributed by atoms with Crippen LogP contribution in [0.1, 0.15) is 32.4 Å². The van der Waals surface area contributed by atoms with Gasteiger partial charge in [0.15, 0.2) is 0 Å². The van der Waals surface area contributed by atoms with Crippen LogP contribution in [-0.2, 0) is 4.79 Å². The Morgan fingerprint density at radius 3 is 2.76 bits per heavy atom. The Kier molecular flexibility index (Phi) is 5.10. The lowest BCUT2D eigenvalue weighted by atomic mass is 10.1. The van der Waals surface area contributed by atoms with Crippen LogP contribution in [0.2, 0.25) is 0 Å². The van der Waals surface area contributed by atoms with Gasteiger partial charge in [-0.25, -0.2) is 0 Å². The molecule has 0 aliphatic rings. The van der Waals surface area contributed by atoms with E-state index in [1.165, 1.54) is 0 Å². The Morgan fingerprint density at radius 2 is 2.24 bits per heavy atom. The average Bonchev–Trinajstić information content (AvgIpc) is 2.37. The number of pyridine rings is 1. The first-order valence-electron chi connectivity index (χ1n) is 5.97. The van der Waals surface area contributed by atoms with Gasteiger partial charge in [0.05, 0.1) is 6.04 Å². The number of amides is 1. The number of carbonyl (C=O) groups is 1. The SMILES string of the molecule is CCN(C)C(=O)C(C)NC(C)c1cccnc1. The third-order valence-electron chi connectivity index (χ3n) is 2.91. The summed E-state index contributed by atoms with van der Waals surface area (Å²) in [6, 6.07) is 3.84. The molecule has 0 fully saturated rings. The Hall–Kier alpha value is -1.42.